The van der Waals surface area contributed by atoms with Gasteiger partial charge in [0.1, 0.15) is 5.75 Å². The molecule has 3 rings (SSSR count). The Labute approximate surface area is 167 Å². The summed E-state index contributed by atoms with van der Waals surface area (Å²) >= 11 is 0. The standard InChI is InChI=1S/C24H30N2O2/c1-5-16(3)26-23(27)14-21(18-10-7-11-19(13-18)28-4)22-15-25-24-17(6-2)9-8-12-20(22)24/h7-13,15-16,21,25H,5-6,14H2,1-4H3,(H,26,27). The lowest BCUT2D eigenvalue weighted by Gasteiger charge is -2.19. The van der Waals surface area contributed by atoms with Gasteiger partial charge >= 0.3 is 0 Å². The molecule has 28 heavy (non-hydrogen) atoms. The third kappa shape index (κ3) is 4.22. The average Bonchev–Trinajstić information content (AvgIpc) is 3.15. The average molecular weight is 379 g/mol. The van der Waals surface area contributed by atoms with Crippen molar-refractivity contribution in [3.8, 4) is 5.75 Å². The van der Waals surface area contributed by atoms with Crippen molar-refractivity contribution in [3.05, 3.63) is 65.4 Å². The number of rotatable bonds is 8. The second kappa shape index (κ2) is 8.96. The van der Waals surface area contributed by atoms with Gasteiger partial charge < -0.3 is 15.0 Å². The lowest BCUT2D eigenvalue weighted by Crippen LogP contribution is -2.33. The van der Waals surface area contributed by atoms with Gasteiger partial charge in [-0.3, -0.25) is 4.79 Å². The molecule has 0 aliphatic rings. The zero-order valence-electron chi connectivity index (χ0n) is 17.2. The number of hydrogen-bond donors (Lipinski definition) is 2. The number of carbonyl (C=O) groups is 1. The van der Waals surface area contributed by atoms with Crippen LogP contribution >= 0.6 is 0 Å². The number of H-pyrrole nitrogens is 1. The van der Waals surface area contributed by atoms with E-state index < -0.39 is 0 Å². The van der Waals surface area contributed by atoms with E-state index in [1.54, 1.807) is 7.11 Å². The third-order valence-electron chi connectivity index (χ3n) is 5.50. The van der Waals surface area contributed by atoms with E-state index in [0.29, 0.717) is 6.42 Å². The van der Waals surface area contributed by atoms with Crippen LogP contribution in [0.3, 0.4) is 0 Å². The van der Waals surface area contributed by atoms with Gasteiger partial charge in [0, 0.05) is 35.5 Å². The highest BCUT2D eigenvalue weighted by atomic mass is 16.5. The van der Waals surface area contributed by atoms with Gasteiger partial charge in [0.25, 0.3) is 0 Å². The number of methoxy groups -OCH3 is 1. The highest BCUT2D eigenvalue weighted by Gasteiger charge is 2.23. The number of aromatic amines is 1. The number of benzene rings is 2. The number of aromatic nitrogens is 1. The van der Waals surface area contributed by atoms with Crippen LogP contribution in [0.2, 0.25) is 0 Å². The van der Waals surface area contributed by atoms with Gasteiger partial charge in [-0.25, -0.2) is 0 Å². The monoisotopic (exact) mass is 378 g/mol. The lowest BCUT2D eigenvalue weighted by atomic mass is 9.87. The highest BCUT2D eigenvalue weighted by Crippen LogP contribution is 2.35. The summed E-state index contributed by atoms with van der Waals surface area (Å²) in [7, 11) is 1.67. The molecule has 2 atom stereocenters. The molecule has 148 valence electrons. The van der Waals surface area contributed by atoms with Crippen molar-refractivity contribution in [2.75, 3.05) is 7.11 Å². The normalized spacial score (nSPS) is 13.3. The highest BCUT2D eigenvalue weighted by molar-refractivity contribution is 5.88. The first kappa shape index (κ1) is 20.0. The van der Waals surface area contributed by atoms with E-state index in [4.69, 9.17) is 4.74 Å². The lowest BCUT2D eigenvalue weighted by molar-refractivity contribution is -0.121. The van der Waals surface area contributed by atoms with Crippen LogP contribution in [0.5, 0.6) is 5.75 Å². The van der Waals surface area contributed by atoms with Crippen LogP contribution < -0.4 is 10.1 Å². The number of para-hydroxylation sites is 1. The Morgan fingerprint density at radius 3 is 2.68 bits per heavy atom. The van der Waals surface area contributed by atoms with Crippen molar-refractivity contribution in [1.82, 2.24) is 10.3 Å². The first-order valence-corrected chi connectivity index (χ1v) is 10.1. The van der Waals surface area contributed by atoms with Crippen LogP contribution in [-0.4, -0.2) is 24.0 Å². The van der Waals surface area contributed by atoms with Crippen LogP contribution in [0.25, 0.3) is 10.9 Å². The largest absolute Gasteiger partial charge is 0.497 e. The van der Waals surface area contributed by atoms with Crippen LogP contribution in [0.4, 0.5) is 0 Å². The van der Waals surface area contributed by atoms with Crippen LogP contribution in [0.1, 0.15) is 56.2 Å². The molecule has 4 nitrogen and oxygen atoms in total. The molecule has 1 amide bonds. The molecule has 1 aromatic heterocycles. The maximum Gasteiger partial charge on any atom is 0.221 e. The quantitative estimate of drug-likeness (QED) is 0.568. The fourth-order valence-corrected chi connectivity index (χ4v) is 3.71. The molecule has 1 heterocycles. The van der Waals surface area contributed by atoms with Crippen molar-refractivity contribution in [1.29, 1.82) is 0 Å². The van der Waals surface area contributed by atoms with Gasteiger partial charge in [0.2, 0.25) is 5.91 Å². The van der Waals surface area contributed by atoms with E-state index in [-0.39, 0.29) is 17.9 Å². The maximum absolute atomic E-state index is 12.8. The Balaban J connectivity index is 2.04. The first-order chi connectivity index (χ1) is 13.6. The smallest absolute Gasteiger partial charge is 0.221 e. The molecule has 2 unspecified atom stereocenters. The van der Waals surface area contributed by atoms with Gasteiger partial charge in [-0.1, -0.05) is 44.2 Å². The Morgan fingerprint density at radius 2 is 1.96 bits per heavy atom. The van der Waals surface area contributed by atoms with Gasteiger partial charge in [0.05, 0.1) is 7.11 Å². The number of carbonyl (C=O) groups excluding carboxylic acids is 1. The summed E-state index contributed by atoms with van der Waals surface area (Å²) in [5, 5.41) is 4.29. The van der Waals surface area contributed by atoms with Crippen molar-refractivity contribution in [3.63, 3.8) is 0 Å². The summed E-state index contributed by atoms with van der Waals surface area (Å²) in [5.41, 5.74) is 4.69. The summed E-state index contributed by atoms with van der Waals surface area (Å²) in [4.78, 5) is 16.2. The summed E-state index contributed by atoms with van der Waals surface area (Å²) in [6.45, 7) is 6.28. The molecule has 2 aromatic carbocycles. The molecule has 0 saturated carbocycles. The summed E-state index contributed by atoms with van der Waals surface area (Å²) in [6.07, 6.45) is 4.35. The predicted molar refractivity (Wildman–Crippen MR) is 115 cm³/mol. The number of nitrogens with one attached hydrogen (secondary N) is 2. The van der Waals surface area contributed by atoms with E-state index in [2.05, 4.69) is 54.6 Å². The van der Waals surface area contributed by atoms with E-state index >= 15 is 0 Å². The van der Waals surface area contributed by atoms with Crippen molar-refractivity contribution < 1.29 is 9.53 Å². The van der Waals surface area contributed by atoms with Crippen molar-refractivity contribution >= 4 is 16.8 Å². The fraction of sp³-hybridized carbons (Fsp3) is 0.375. The third-order valence-corrected chi connectivity index (χ3v) is 5.50. The van der Waals surface area contributed by atoms with Crippen LogP contribution in [0, 0.1) is 0 Å². The Morgan fingerprint density at radius 1 is 1.18 bits per heavy atom. The summed E-state index contributed by atoms with van der Waals surface area (Å²) in [6, 6.07) is 14.6. The minimum atomic E-state index is -0.0417. The second-order valence-electron chi connectivity index (χ2n) is 7.35. The molecule has 0 aliphatic heterocycles. The van der Waals surface area contributed by atoms with E-state index in [1.165, 1.54) is 10.9 Å². The SMILES string of the molecule is CCc1cccc2c(C(CC(=O)NC(C)CC)c3cccc(OC)c3)c[nH]c12. The number of ether oxygens (including phenoxy) is 1. The molecule has 0 saturated heterocycles. The minimum Gasteiger partial charge on any atom is -0.497 e. The van der Waals surface area contributed by atoms with Crippen LogP contribution in [0.15, 0.2) is 48.7 Å². The summed E-state index contributed by atoms with van der Waals surface area (Å²) in [5.74, 6) is 0.835. The number of hydrogen-bond acceptors (Lipinski definition) is 2. The minimum absolute atomic E-state index is 0.0417. The number of amides is 1. The van der Waals surface area contributed by atoms with E-state index in [1.807, 2.05) is 25.1 Å². The molecule has 0 radical (unpaired) electrons. The predicted octanol–water partition coefficient (Wildman–Crippen LogP) is 5.18. The first-order valence-electron chi connectivity index (χ1n) is 10.1. The van der Waals surface area contributed by atoms with E-state index in [0.717, 1.165) is 35.2 Å². The van der Waals surface area contributed by atoms with Crippen molar-refractivity contribution in [2.24, 2.45) is 0 Å². The molecule has 2 N–H and O–H groups in total. The summed E-state index contributed by atoms with van der Waals surface area (Å²) < 4.78 is 5.42. The molecule has 4 heteroatoms. The Kier molecular flexibility index (Phi) is 6.40. The topological polar surface area (TPSA) is 54.1 Å². The maximum atomic E-state index is 12.8. The Bertz CT molecular complexity index is 945. The van der Waals surface area contributed by atoms with Crippen molar-refractivity contribution in [2.45, 2.75) is 52.0 Å². The molecule has 0 fully saturated rings. The zero-order valence-corrected chi connectivity index (χ0v) is 17.2. The van der Waals surface area contributed by atoms with Crippen LogP contribution in [-0.2, 0) is 11.2 Å². The van der Waals surface area contributed by atoms with E-state index in [9.17, 15) is 4.79 Å². The molecule has 0 bridgehead atoms. The second-order valence-corrected chi connectivity index (χ2v) is 7.35. The fourth-order valence-electron chi connectivity index (χ4n) is 3.71. The molecular formula is C24H30N2O2. The van der Waals surface area contributed by atoms with Gasteiger partial charge in [-0.05, 0) is 48.6 Å². The molecule has 3 aromatic rings. The van der Waals surface area contributed by atoms with Gasteiger partial charge in [-0.2, -0.15) is 0 Å². The Hall–Kier alpha value is -2.75. The van der Waals surface area contributed by atoms with Gasteiger partial charge in [0.15, 0.2) is 0 Å². The number of aryl methyl sites for hydroxylation is 1. The number of fused-ring (bicyclic) bond motifs is 1. The molecule has 0 aliphatic carbocycles. The molecule has 0 spiro atoms. The molecular weight excluding hydrogens is 348 g/mol. The zero-order chi connectivity index (χ0) is 20.1. The van der Waals surface area contributed by atoms with Gasteiger partial charge in [-0.15, -0.1) is 0 Å².